The molecule has 0 saturated heterocycles. The minimum atomic E-state index is -0.353. The number of unbranched alkanes of at least 4 members (excludes halogenated alkanes) is 2. The molecule has 2 aromatic heterocycles. The lowest BCUT2D eigenvalue weighted by atomic mass is 10.2. The van der Waals surface area contributed by atoms with Gasteiger partial charge in [-0.25, -0.2) is 4.68 Å². The van der Waals surface area contributed by atoms with Crippen molar-refractivity contribution in [2.45, 2.75) is 78.0 Å². The van der Waals surface area contributed by atoms with Crippen LogP contribution in [0.25, 0.3) is 10.8 Å². The van der Waals surface area contributed by atoms with E-state index in [0.717, 1.165) is 32.1 Å². The first kappa shape index (κ1) is 22.7. The number of aromatic nitrogens is 4. The van der Waals surface area contributed by atoms with Gasteiger partial charge < -0.3 is 14.6 Å². The standard InChI is InChI=1S/C20H30N4O5/c1-14(25)8-4-6-10-24-20(27)18-13-22-21-12-17(18)19(23-24)28-11-7-5-9-15(2)29-16(3)26/h12-15,25H,4-11H2,1-3H3/t14-,15-/m1/s1. The van der Waals surface area contributed by atoms with E-state index in [0.29, 0.717) is 36.2 Å². The van der Waals surface area contributed by atoms with Gasteiger partial charge in [0, 0.05) is 13.5 Å². The van der Waals surface area contributed by atoms with Crippen molar-refractivity contribution in [1.82, 2.24) is 20.0 Å². The van der Waals surface area contributed by atoms with Crippen molar-refractivity contribution >= 4 is 16.7 Å². The van der Waals surface area contributed by atoms with Crippen molar-refractivity contribution in [3.05, 3.63) is 22.7 Å². The van der Waals surface area contributed by atoms with E-state index in [1.165, 1.54) is 24.0 Å². The zero-order chi connectivity index (χ0) is 21.2. The average Bonchev–Trinajstić information content (AvgIpc) is 2.67. The van der Waals surface area contributed by atoms with Gasteiger partial charge in [-0.15, -0.1) is 5.10 Å². The molecule has 29 heavy (non-hydrogen) atoms. The highest BCUT2D eigenvalue weighted by Gasteiger charge is 2.13. The second kappa shape index (κ2) is 11.5. The normalized spacial score (nSPS) is 13.2. The third-order valence-corrected chi connectivity index (χ3v) is 4.49. The van der Waals surface area contributed by atoms with E-state index in [-0.39, 0.29) is 23.7 Å². The molecule has 0 spiro atoms. The predicted octanol–water partition coefficient (Wildman–Crippen LogP) is 2.24. The van der Waals surface area contributed by atoms with Crippen molar-refractivity contribution in [3.8, 4) is 5.88 Å². The Bertz CT molecular complexity index is 852. The summed E-state index contributed by atoms with van der Waals surface area (Å²) in [4.78, 5) is 23.6. The van der Waals surface area contributed by atoms with E-state index >= 15 is 0 Å². The summed E-state index contributed by atoms with van der Waals surface area (Å²) in [6.45, 7) is 5.89. The second-order valence-electron chi connectivity index (χ2n) is 7.26. The number of ether oxygens (including phenoxy) is 2. The number of aliphatic hydroxyl groups excluding tert-OH is 1. The van der Waals surface area contributed by atoms with Crippen molar-refractivity contribution in [1.29, 1.82) is 0 Å². The highest BCUT2D eigenvalue weighted by atomic mass is 16.5. The van der Waals surface area contributed by atoms with Crippen LogP contribution in [0.5, 0.6) is 5.88 Å². The molecule has 0 aromatic carbocycles. The molecule has 9 heteroatoms. The van der Waals surface area contributed by atoms with Crippen LogP contribution >= 0.6 is 0 Å². The van der Waals surface area contributed by atoms with Gasteiger partial charge in [-0.2, -0.15) is 10.2 Å². The summed E-state index contributed by atoms with van der Waals surface area (Å²) in [5, 5.41) is 22.3. The Morgan fingerprint density at radius 2 is 1.79 bits per heavy atom. The van der Waals surface area contributed by atoms with Gasteiger partial charge in [0.05, 0.1) is 42.0 Å². The Kier molecular flexibility index (Phi) is 8.98. The molecule has 0 saturated carbocycles. The maximum absolute atomic E-state index is 12.6. The van der Waals surface area contributed by atoms with Crippen molar-refractivity contribution in [3.63, 3.8) is 0 Å². The molecule has 0 aliphatic carbocycles. The summed E-state index contributed by atoms with van der Waals surface area (Å²) < 4.78 is 12.3. The molecule has 2 atom stereocenters. The van der Waals surface area contributed by atoms with E-state index in [1.54, 1.807) is 6.92 Å². The number of carbonyl (C=O) groups is 1. The first-order chi connectivity index (χ1) is 13.9. The Hall–Kier alpha value is -2.55. The van der Waals surface area contributed by atoms with Gasteiger partial charge in [-0.3, -0.25) is 9.59 Å². The Balaban J connectivity index is 1.99. The number of aliphatic hydroxyl groups is 1. The number of carbonyl (C=O) groups excluding carboxylic acids is 1. The molecule has 2 rings (SSSR count). The molecular formula is C20H30N4O5. The SMILES string of the molecule is CC(=O)O[C@H](C)CCCCOc1nn(CCCC[C@@H](C)O)c(=O)c2cnncc12. The van der Waals surface area contributed by atoms with Gasteiger partial charge in [-0.05, 0) is 52.4 Å². The first-order valence-corrected chi connectivity index (χ1v) is 10.1. The van der Waals surface area contributed by atoms with E-state index in [1.807, 2.05) is 6.92 Å². The highest BCUT2D eigenvalue weighted by molar-refractivity contribution is 5.84. The zero-order valence-electron chi connectivity index (χ0n) is 17.3. The summed E-state index contributed by atoms with van der Waals surface area (Å²) in [6.07, 6.45) is 7.02. The average molecular weight is 406 g/mol. The summed E-state index contributed by atoms with van der Waals surface area (Å²) >= 11 is 0. The molecule has 0 fully saturated rings. The lowest BCUT2D eigenvalue weighted by molar-refractivity contribution is -0.145. The minimum Gasteiger partial charge on any atom is -0.476 e. The van der Waals surface area contributed by atoms with Gasteiger partial charge in [0.15, 0.2) is 0 Å². The minimum absolute atomic E-state index is 0.120. The molecule has 2 heterocycles. The maximum Gasteiger partial charge on any atom is 0.302 e. The van der Waals surface area contributed by atoms with E-state index in [2.05, 4.69) is 15.3 Å². The van der Waals surface area contributed by atoms with Crippen LogP contribution in [-0.4, -0.2) is 49.9 Å². The molecule has 0 bridgehead atoms. The topological polar surface area (TPSA) is 116 Å². The van der Waals surface area contributed by atoms with Crippen molar-refractivity contribution < 1.29 is 19.4 Å². The number of aryl methyl sites for hydroxylation is 1. The Morgan fingerprint density at radius 3 is 2.48 bits per heavy atom. The molecule has 0 unspecified atom stereocenters. The Morgan fingerprint density at radius 1 is 1.10 bits per heavy atom. The number of hydrogen-bond donors (Lipinski definition) is 1. The number of rotatable bonds is 12. The molecule has 160 valence electrons. The summed E-state index contributed by atoms with van der Waals surface area (Å²) in [5.74, 6) is 0.0827. The molecule has 0 amide bonds. The number of esters is 1. The van der Waals surface area contributed by atoms with Crippen LogP contribution in [0.2, 0.25) is 0 Å². The molecule has 0 aliphatic heterocycles. The molecule has 1 N–H and O–H groups in total. The van der Waals surface area contributed by atoms with Gasteiger partial charge in [0.2, 0.25) is 5.88 Å². The predicted molar refractivity (Wildman–Crippen MR) is 108 cm³/mol. The van der Waals surface area contributed by atoms with Crippen LogP contribution in [0, 0.1) is 0 Å². The molecular weight excluding hydrogens is 376 g/mol. The lowest BCUT2D eigenvalue weighted by Crippen LogP contribution is -2.24. The van der Waals surface area contributed by atoms with Crippen LogP contribution in [0.4, 0.5) is 0 Å². The zero-order valence-corrected chi connectivity index (χ0v) is 17.3. The van der Waals surface area contributed by atoms with Crippen molar-refractivity contribution in [2.24, 2.45) is 0 Å². The van der Waals surface area contributed by atoms with Gasteiger partial charge >= 0.3 is 5.97 Å². The van der Waals surface area contributed by atoms with Crippen LogP contribution in [0.3, 0.4) is 0 Å². The molecule has 2 aromatic rings. The molecule has 0 aliphatic rings. The van der Waals surface area contributed by atoms with E-state index in [4.69, 9.17) is 9.47 Å². The van der Waals surface area contributed by atoms with Gasteiger partial charge in [0.25, 0.3) is 5.56 Å². The molecule has 9 nitrogen and oxygen atoms in total. The fourth-order valence-electron chi connectivity index (χ4n) is 3.01. The van der Waals surface area contributed by atoms with Gasteiger partial charge in [0.1, 0.15) is 0 Å². The quantitative estimate of drug-likeness (QED) is 0.421. The summed E-state index contributed by atoms with van der Waals surface area (Å²) in [7, 11) is 0. The highest BCUT2D eigenvalue weighted by Crippen LogP contribution is 2.19. The third-order valence-electron chi connectivity index (χ3n) is 4.49. The van der Waals surface area contributed by atoms with Crippen LogP contribution in [0.1, 0.15) is 59.3 Å². The fourth-order valence-corrected chi connectivity index (χ4v) is 3.01. The fraction of sp³-hybridized carbons (Fsp3) is 0.650. The van der Waals surface area contributed by atoms with Crippen LogP contribution in [0.15, 0.2) is 17.2 Å². The number of nitrogens with zero attached hydrogens (tertiary/aromatic N) is 4. The lowest BCUT2D eigenvalue weighted by Gasteiger charge is -2.13. The largest absolute Gasteiger partial charge is 0.476 e. The maximum atomic E-state index is 12.6. The van der Waals surface area contributed by atoms with Crippen LogP contribution < -0.4 is 10.3 Å². The first-order valence-electron chi connectivity index (χ1n) is 10.1. The van der Waals surface area contributed by atoms with Crippen molar-refractivity contribution in [2.75, 3.05) is 6.61 Å². The van der Waals surface area contributed by atoms with E-state index in [9.17, 15) is 14.7 Å². The number of fused-ring (bicyclic) bond motifs is 1. The molecule has 0 radical (unpaired) electrons. The van der Waals surface area contributed by atoms with Gasteiger partial charge in [-0.1, -0.05) is 0 Å². The monoisotopic (exact) mass is 406 g/mol. The second-order valence-corrected chi connectivity index (χ2v) is 7.26. The number of hydrogen-bond acceptors (Lipinski definition) is 8. The van der Waals surface area contributed by atoms with Crippen LogP contribution in [-0.2, 0) is 16.1 Å². The third kappa shape index (κ3) is 7.41. The van der Waals surface area contributed by atoms with E-state index < -0.39 is 0 Å². The summed E-state index contributed by atoms with van der Waals surface area (Å²) in [6, 6.07) is 0. The Labute approximate surface area is 170 Å². The smallest absolute Gasteiger partial charge is 0.302 e. The summed E-state index contributed by atoms with van der Waals surface area (Å²) in [5.41, 5.74) is -0.227.